The summed E-state index contributed by atoms with van der Waals surface area (Å²) < 4.78 is 11.3. The van der Waals surface area contributed by atoms with Gasteiger partial charge in [-0.25, -0.2) is 0 Å². The quantitative estimate of drug-likeness (QED) is 0.0330. The van der Waals surface area contributed by atoms with Gasteiger partial charge in [0, 0.05) is 6.42 Å². The number of hydrogen-bond acceptors (Lipinski definition) is 8. The third-order valence-corrected chi connectivity index (χ3v) is 15.5. The average Bonchev–Trinajstić information content (AvgIpc) is 3.36. The predicted octanol–water partition coefficient (Wildman–Crippen LogP) is 15.8. The monoisotopic (exact) mass is 996 g/mol. The first-order valence-corrected chi connectivity index (χ1v) is 31.2. The fraction of sp³-hybridized carbons (Fsp3) is 0.984. The van der Waals surface area contributed by atoms with E-state index in [-0.39, 0.29) is 12.5 Å². The van der Waals surface area contributed by atoms with Crippen LogP contribution in [0.25, 0.3) is 0 Å². The first-order chi connectivity index (χ1) is 34.3. The van der Waals surface area contributed by atoms with Gasteiger partial charge in [-0.2, -0.15) is 0 Å². The van der Waals surface area contributed by atoms with Crippen LogP contribution in [-0.2, 0) is 14.3 Å². The number of aliphatic hydroxyl groups excluding tert-OH is 5. The summed E-state index contributed by atoms with van der Waals surface area (Å²) in [6.07, 6.45) is 55.8. The van der Waals surface area contributed by atoms with Crippen LogP contribution in [0.4, 0.5) is 0 Å². The number of nitrogens with one attached hydrogen (secondary N) is 1. The van der Waals surface area contributed by atoms with Crippen molar-refractivity contribution < 1.29 is 39.8 Å². The van der Waals surface area contributed by atoms with Crippen LogP contribution in [0.15, 0.2) is 0 Å². The second kappa shape index (κ2) is 51.7. The van der Waals surface area contributed by atoms with Gasteiger partial charge in [0.1, 0.15) is 24.4 Å². The lowest BCUT2D eigenvalue weighted by Crippen LogP contribution is -2.60. The Morgan fingerprint density at radius 3 is 1.01 bits per heavy atom. The van der Waals surface area contributed by atoms with Crippen LogP contribution in [-0.4, -0.2) is 87.5 Å². The number of ether oxygens (including phenoxy) is 2. The van der Waals surface area contributed by atoms with Gasteiger partial charge >= 0.3 is 0 Å². The highest BCUT2D eigenvalue weighted by atomic mass is 16.7. The Morgan fingerprint density at radius 1 is 0.429 bits per heavy atom. The number of hydrogen-bond donors (Lipinski definition) is 6. The molecule has 9 heteroatoms. The van der Waals surface area contributed by atoms with Crippen molar-refractivity contribution >= 4 is 5.91 Å². The standard InChI is InChI=1S/C61H121NO8/c1-3-5-7-9-11-13-15-17-19-21-23-24-25-26-27-28-29-30-31-33-35-37-39-41-43-45-47-49-51-57(65)62-54(53-69-61-60(68)59(67)58(66)56(52-63)70-61)55(64)50-48-46-44-42-40-38-36-34-32-22-20-18-16-14-12-10-8-6-4-2/h54-56,58-61,63-64,66-68H,3-53H2,1-2H3,(H,62,65). The normalized spacial score (nSPS) is 19.2. The van der Waals surface area contributed by atoms with Crippen molar-refractivity contribution in [2.45, 2.75) is 371 Å². The van der Waals surface area contributed by atoms with E-state index in [1.165, 1.54) is 263 Å². The fourth-order valence-corrected chi connectivity index (χ4v) is 10.5. The molecule has 1 heterocycles. The van der Waals surface area contributed by atoms with Gasteiger partial charge in [0.05, 0.1) is 25.4 Å². The molecule has 0 spiro atoms. The summed E-state index contributed by atoms with van der Waals surface area (Å²) in [6, 6.07) is -0.714. The molecule has 1 aliphatic rings. The van der Waals surface area contributed by atoms with E-state index in [9.17, 15) is 30.3 Å². The summed E-state index contributed by atoms with van der Waals surface area (Å²) >= 11 is 0. The lowest BCUT2D eigenvalue weighted by molar-refractivity contribution is -0.302. The van der Waals surface area contributed by atoms with Crippen molar-refractivity contribution in [1.29, 1.82) is 0 Å². The molecule has 70 heavy (non-hydrogen) atoms. The number of carbonyl (C=O) groups is 1. The minimum absolute atomic E-state index is 0.131. The molecule has 0 aromatic rings. The molecule has 6 N–H and O–H groups in total. The van der Waals surface area contributed by atoms with E-state index in [0.29, 0.717) is 12.8 Å². The highest BCUT2D eigenvalue weighted by Gasteiger charge is 2.44. The van der Waals surface area contributed by atoms with Crippen molar-refractivity contribution in [2.24, 2.45) is 0 Å². The third-order valence-electron chi connectivity index (χ3n) is 15.5. The minimum atomic E-state index is -1.55. The molecular formula is C61H121NO8. The van der Waals surface area contributed by atoms with E-state index >= 15 is 0 Å². The summed E-state index contributed by atoms with van der Waals surface area (Å²) in [6.45, 7) is 3.89. The number of aliphatic hydroxyl groups is 5. The Morgan fingerprint density at radius 2 is 0.714 bits per heavy atom. The van der Waals surface area contributed by atoms with Crippen LogP contribution in [0.1, 0.15) is 328 Å². The van der Waals surface area contributed by atoms with E-state index in [2.05, 4.69) is 19.2 Å². The van der Waals surface area contributed by atoms with E-state index < -0.39 is 49.5 Å². The van der Waals surface area contributed by atoms with E-state index in [1.807, 2.05) is 0 Å². The lowest BCUT2D eigenvalue weighted by atomic mass is 9.99. The number of unbranched alkanes of at least 4 members (excludes halogenated alkanes) is 45. The lowest BCUT2D eigenvalue weighted by Gasteiger charge is -2.40. The Bertz CT molecular complexity index is 1060. The van der Waals surface area contributed by atoms with Gasteiger partial charge in [0.25, 0.3) is 0 Å². The largest absolute Gasteiger partial charge is 0.394 e. The van der Waals surface area contributed by atoms with Crippen LogP contribution in [0, 0.1) is 0 Å². The van der Waals surface area contributed by atoms with Crippen LogP contribution in [0.5, 0.6) is 0 Å². The Labute approximate surface area is 434 Å². The van der Waals surface area contributed by atoms with Gasteiger partial charge in [0.2, 0.25) is 5.91 Å². The molecule has 1 aliphatic heterocycles. The highest BCUT2D eigenvalue weighted by Crippen LogP contribution is 2.24. The number of carbonyl (C=O) groups excluding carboxylic acids is 1. The van der Waals surface area contributed by atoms with Gasteiger partial charge in [0.15, 0.2) is 6.29 Å². The molecule has 1 fully saturated rings. The summed E-state index contributed by atoms with van der Waals surface area (Å²) in [5.74, 6) is -0.135. The molecule has 418 valence electrons. The van der Waals surface area contributed by atoms with Crippen LogP contribution < -0.4 is 5.32 Å². The van der Waals surface area contributed by atoms with Crippen LogP contribution >= 0.6 is 0 Å². The van der Waals surface area contributed by atoms with Crippen molar-refractivity contribution in [3.63, 3.8) is 0 Å². The van der Waals surface area contributed by atoms with Crippen molar-refractivity contribution in [2.75, 3.05) is 13.2 Å². The second-order valence-electron chi connectivity index (χ2n) is 22.2. The molecule has 9 nitrogen and oxygen atoms in total. The maximum atomic E-state index is 13.1. The first kappa shape index (κ1) is 67.2. The van der Waals surface area contributed by atoms with E-state index in [4.69, 9.17) is 9.47 Å². The van der Waals surface area contributed by atoms with Gasteiger partial charge < -0.3 is 40.3 Å². The molecule has 0 radical (unpaired) electrons. The summed E-state index contributed by atoms with van der Waals surface area (Å²) in [4.78, 5) is 13.1. The molecule has 0 bridgehead atoms. The van der Waals surface area contributed by atoms with Gasteiger partial charge in [-0.15, -0.1) is 0 Å². The zero-order chi connectivity index (χ0) is 50.8. The molecule has 1 amide bonds. The predicted molar refractivity (Wildman–Crippen MR) is 295 cm³/mol. The van der Waals surface area contributed by atoms with Crippen LogP contribution in [0.3, 0.4) is 0 Å². The molecule has 7 unspecified atom stereocenters. The maximum absolute atomic E-state index is 13.1. The van der Waals surface area contributed by atoms with Gasteiger partial charge in [-0.1, -0.05) is 309 Å². The minimum Gasteiger partial charge on any atom is -0.394 e. The van der Waals surface area contributed by atoms with Gasteiger partial charge in [-0.3, -0.25) is 4.79 Å². The molecular weight excluding hydrogens is 875 g/mol. The Hall–Kier alpha value is -0.810. The fourth-order valence-electron chi connectivity index (χ4n) is 10.5. The van der Waals surface area contributed by atoms with Crippen LogP contribution in [0.2, 0.25) is 0 Å². The molecule has 0 aromatic heterocycles. The number of amides is 1. The second-order valence-corrected chi connectivity index (χ2v) is 22.2. The average molecular weight is 997 g/mol. The summed E-state index contributed by atoms with van der Waals surface area (Å²) in [5, 5.41) is 54.8. The molecule has 1 saturated heterocycles. The molecule has 1 rings (SSSR count). The Balaban J connectivity index is 2.13. The van der Waals surface area contributed by atoms with Crippen molar-refractivity contribution in [1.82, 2.24) is 5.32 Å². The SMILES string of the molecule is CCCCCCCCCCCCCCCCCCCCCCCCCCCCCCC(=O)NC(COC1OC(CO)C(O)C(O)C1O)C(O)CCCCCCCCCCCCCCCCCCCCC. The molecule has 0 saturated carbocycles. The maximum Gasteiger partial charge on any atom is 0.220 e. The summed E-state index contributed by atoms with van der Waals surface area (Å²) in [7, 11) is 0. The molecule has 0 aromatic carbocycles. The zero-order valence-electron chi connectivity index (χ0n) is 46.6. The highest BCUT2D eigenvalue weighted by molar-refractivity contribution is 5.76. The van der Waals surface area contributed by atoms with E-state index in [0.717, 1.165) is 38.5 Å². The van der Waals surface area contributed by atoms with E-state index in [1.54, 1.807) is 0 Å². The Kier molecular flexibility index (Phi) is 49.6. The molecule has 0 aliphatic carbocycles. The third kappa shape index (κ3) is 40.6. The summed E-state index contributed by atoms with van der Waals surface area (Å²) in [5.41, 5.74) is 0. The number of rotatable bonds is 55. The van der Waals surface area contributed by atoms with Crippen molar-refractivity contribution in [3.05, 3.63) is 0 Å². The molecule has 7 atom stereocenters. The first-order valence-electron chi connectivity index (χ1n) is 31.2. The van der Waals surface area contributed by atoms with Gasteiger partial charge in [-0.05, 0) is 12.8 Å². The smallest absolute Gasteiger partial charge is 0.220 e. The topological polar surface area (TPSA) is 149 Å². The van der Waals surface area contributed by atoms with Crippen molar-refractivity contribution in [3.8, 4) is 0 Å². The zero-order valence-corrected chi connectivity index (χ0v) is 46.6.